The van der Waals surface area contributed by atoms with Gasteiger partial charge in [0.25, 0.3) is 0 Å². The van der Waals surface area contributed by atoms with Crippen molar-refractivity contribution in [3.8, 4) is 5.75 Å². The Hall–Kier alpha value is -4.35. The van der Waals surface area contributed by atoms with Crippen molar-refractivity contribution in [1.82, 2.24) is 4.57 Å². The molecule has 9 nitrogen and oxygen atoms in total. The van der Waals surface area contributed by atoms with Gasteiger partial charge in [-0.25, -0.2) is 4.90 Å². The van der Waals surface area contributed by atoms with Crippen molar-refractivity contribution < 1.29 is 19.1 Å². The lowest BCUT2D eigenvalue weighted by Crippen LogP contribution is -2.33. The van der Waals surface area contributed by atoms with E-state index in [9.17, 15) is 19.2 Å². The summed E-state index contributed by atoms with van der Waals surface area (Å²) in [6.45, 7) is 7.62. The molecule has 1 aromatic heterocycles. The van der Waals surface area contributed by atoms with Crippen molar-refractivity contribution >= 4 is 57.9 Å². The number of thiazole rings is 1. The second kappa shape index (κ2) is 12.6. The normalized spacial score (nSPS) is 18.8. The van der Waals surface area contributed by atoms with E-state index in [1.807, 2.05) is 49.4 Å². The number of carbonyl (C=O) groups is 3. The van der Waals surface area contributed by atoms with E-state index < -0.39 is 17.1 Å². The average Bonchev–Trinajstić information content (AvgIpc) is 3.48. The Labute approximate surface area is 269 Å². The molecule has 1 saturated heterocycles. The molecule has 3 heterocycles. The summed E-state index contributed by atoms with van der Waals surface area (Å²) < 4.78 is 6.71. The largest absolute Gasteiger partial charge is 0.497 e. The molecule has 0 aliphatic carbocycles. The van der Waals surface area contributed by atoms with Crippen LogP contribution in [0.2, 0.25) is 0 Å². The van der Waals surface area contributed by atoms with Gasteiger partial charge in [-0.05, 0) is 80.4 Å². The van der Waals surface area contributed by atoms with Gasteiger partial charge in [0.2, 0.25) is 17.7 Å². The third-order valence-corrected chi connectivity index (χ3v) is 11.0. The summed E-state index contributed by atoms with van der Waals surface area (Å²) in [5.74, 6) is -1.63. The van der Waals surface area contributed by atoms with E-state index in [1.54, 1.807) is 37.4 Å². The predicted octanol–water partition coefficient (Wildman–Crippen LogP) is 5.51. The molecule has 4 aromatic rings. The van der Waals surface area contributed by atoms with Gasteiger partial charge in [-0.15, -0.1) is 0 Å². The van der Waals surface area contributed by atoms with E-state index in [0.717, 1.165) is 41.2 Å². The highest BCUT2D eigenvalue weighted by atomic mass is 32.2. The standard InChI is InChI=1S/C34H34N4O5S2/c1-5-36(6-2)23-12-10-21(11-13-23)27-28-29(32(41)38(31(28)40)24-14-16-25(43-4)17-15-24)44-33-30(27)45-34(42)37(33)19-26(39)35-22-9-7-8-20(3)18-22/h7-18,27-29H,5-6,19H2,1-4H3,(H,35,39)/t27-,28?,29?/m1/s1. The molecule has 45 heavy (non-hydrogen) atoms. The first-order valence-corrected chi connectivity index (χ1v) is 16.6. The quantitative estimate of drug-likeness (QED) is 0.241. The molecule has 232 valence electrons. The number of thioether (sulfide) groups is 1. The molecule has 0 radical (unpaired) electrons. The molecule has 2 aliphatic rings. The van der Waals surface area contributed by atoms with Gasteiger partial charge in [-0.2, -0.15) is 0 Å². The van der Waals surface area contributed by atoms with E-state index in [2.05, 4.69) is 24.1 Å². The highest BCUT2D eigenvalue weighted by molar-refractivity contribution is 8.00. The van der Waals surface area contributed by atoms with Crippen molar-refractivity contribution in [3.05, 3.63) is 98.5 Å². The van der Waals surface area contributed by atoms with Crippen molar-refractivity contribution in [2.24, 2.45) is 5.92 Å². The van der Waals surface area contributed by atoms with Gasteiger partial charge in [-0.1, -0.05) is 47.4 Å². The van der Waals surface area contributed by atoms with Crippen LogP contribution < -0.4 is 24.7 Å². The van der Waals surface area contributed by atoms with E-state index in [-0.39, 0.29) is 29.1 Å². The number of nitrogens with one attached hydrogen (secondary N) is 1. The van der Waals surface area contributed by atoms with Gasteiger partial charge >= 0.3 is 4.87 Å². The molecule has 3 atom stereocenters. The van der Waals surface area contributed by atoms with E-state index in [4.69, 9.17) is 4.74 Å². The van der Waals surface area contributed by atoms with Crippen LogP contribution in [-0.2, 0) is 20.9 Å². The van der Waals surface area contributed by atoms with Gasteiger partial charge in [0, 0.05) is 35.3 Å². The number of ether oxygens (including phenoxy) is 1. The van der Waals surface area contributed by atoms with Crippen LogP contribution >= 0.6 is 23.1 Å². The van der Waals surface area contributed by atoms with Crippen molar-refractivity contribution in [2.45, 2.75) is 43.5 Å². The summed E-state index contributed by atoms with van der Waals surface area (Å²) in [7, 11) is 1.56. The fourth-order valence-electron chi connectivity index (χ4n) is 6.15. The Balaban J connectivity index is 1.40. The number of hydrogen-bond donors (Lipinski definition) is 1. The lowest BCUT2D eigenvalue weighted by Gasteiger charge is -2.31. The molecule has 2 unspecified atom stereocenters. The maximum absolute atomic E-state index is 14.2. The number of imide groups is 1. The highest BCUT2D eigenvalue weighted by Crippen LogP contribution is 2.54. The van der Waals surface area contributed by atoms with Gasteiger partial charge in [0.15, 0.2) is 0 Å². The molecule has 11 heteroatoms. The molecule has 6 rings (SSSR count). The second-order valence-electron chi connectivity index (χ2n) is 11.1. The molecule has 0 bridgehead atoms. The van der Waals surface area contributed by atoms with Gasteiger partial charge in [0.05, 0.1) is 23.7 Å². The van der Waals surface area contributed by atoms with E-state index in [0.29, 0.717) is 27.0 Å². The summed E-state index contributed by atoms with van der Waals surface area (Å²) in [4.78, 5) is 58.7. The molecular formula is C34H34N4O5S2. The van der Waals surface area contributed by atoms with Crippen molar-refractivity contribution in [2.75, 3.05) is 35.3 Å². The van der Waals surface area contributed by atoms with Crippen LogP contribution in [0.3, 0.4) is 0 Å². The van der Waals surface area contributed by atoms with Crippen molar-refractivity contribution in [1.29, 1.82) is 0 Å². The second-order valence-corrected chi connectivity index (χ2v) is 13.2. The zero-order chi connectivity index (χ0) is 31.8. The molecule has 2 aliphatic heterocycles. The number of nitrogens with zero attached hydrogens (tertiary/aromatic N) is 3. The number of carbonyl (C=O) groups excluding carboxylic acids is 3. The summed E-state index contributed by atoms with van der Waals surface area (Å²) >= 11 is 2.25. The number of benzene rings is 3. The maximum atomic E-state index is 14.2. The van der Waals surface area contributed by atoms with Crippen molar-refractivity contribution in [3.63, 3.8) is 0 Å². The Bertz CT molecular complexity index is 1810. The number of fused-ring (bicyclic) bond motifs is 2. The van der Waals surface area contributed by atoms with E-state index in [1.165, 1.54) is 21.2 Å². The van der Waals surface area contributed by atoms with Crippen LogP contribution in [0.4, 0.5) is 17.1 Å². The van der Waals surface area contributed by atoms with Crippen LogP contribution in [0.15, 0.2) is 82.6 Å². The van der Waals surface area contributed by atoms with E-state index >= 15 is 0 Å². The van der Waals surface area contributed by atoms with Gasteiger partial charge in [0.1, 0.15) is 17.5 Å². The Kier molecular flexibility index (Phi) is 8.56. The van der Waals surface area contributed by atoms with Crippen LogP contribution in [0.1, 0.15) is 35.8 Å². The lowest BCUT2D eigenvalue weighted by molar-refractivity contribution is -0.122. The number of aryl methyl sites for hydroxylation is 1. The minimum atomic E-state index is -0.764. The molecule has 1 fully saturated rings. The monoisotopic (exact) mass is 642 g/mol. The van der Waals surface area contributed by atoms with Crippen LogP contribution in [-0.4, -0.2) is 47.7 Å². The first-order valence-electron chi connectivity index (χ1n) is 14.9. The summed E-state index contributed by atoms with van der Waals surface area (Å²) in [6, 6.07) is 22.3. The van der Waals surface area contributed by atoms with Crippen LogP contribution in [0, 0.1) is 12.8 Å². The predicted molar refractivity (Wildman–Crippen MR) is 179 cm³/mol. The number of amides is 3. The zero-order valence-electron chi connectivity index (χ0n) is 25.5. The Morgan fingerprint density at radius 3 is 2.31 bits per heavy atom. The highest BCUT2D eigenvalue weighted by Gasteiger charge is 2.56. The lowest BCUT2D eigenvalue weighted by atomic mass is 9.83. The molecule has 3 aromatic carbocycles. The topological polar surface area (TPSA) is 101 Å². The van der Waals surface area contributed by atoms with Crippen LogP contribution in [0.25, 0.3) is 0 Å². The van der Waals surface area contributed by atoms with Gasteiger partial charge < -0.3 is 15.0 Å². The third-order valence-electron chi connectivity index (χ3n) is 8.36. The minimum Gasteiger partial charge on any atom is -0.497 e. The third kappa shape index (κ3) is 5.66. The summed E-state index contributed by atoms with van der Waals surface area (Å²) in [5.41, 5.74) is 4.01. The molecular weight excluding hydrogens is 609 g/mol. The van der Waals surface area contributed by atoms with Crippen LogP contribution in [0.5, 0.6) is 5.75 Å². The summed E-state index contributed by atoms with van der Waals surface area (Å²) in [6.07, 6.45) is 0. The molecule has 1 N–H and O–H groups in total. The Morgan fingerprint density at radius 2 is 1.67 bits per heavy atom. The molecule has 0 saturated carbocycles. The minimum absolute atomic E-state index is 0.207. The zero-order valence-corrected chi connectivity index (χ0v) is 27.1. The first-order chi connectivity index (χ1) is 21.7. The summed E-state index contributed by atoms with van der Waals surface area (Å²) in [5, 5.41) is 2.67. The number of hydrogen-bond acceptors (Lipinski definition) is 8. The molecule has 0 spiro atoms. The number of anilines is 3. The smallest absolute Gasteiger partial charge is 0.308 e. The maximum Gasteiger partial charge on any atom is 0.308 e. The fraction of sp³-hybridized carbons (Fsp3) is 0.294. The Morgan fingerprint density at radius 1 is 0.956 bits per heavy atom. The number of aromatic nitrogens is 1. The number of methoxy groups -OCH3 is 1. The number of rotatable bonds is 9. The first kappa shape index (κ1) is 30.7. The van der Waals surface area contributed by atoms with Gasteiger partial charge in [-0.3, -0.25) is 23.7 Å². The fourth-order valence-corrected chi connectivity index (χ4v) is 8.92. The molecule has 3 amide bonds. The average molecular weight is 643 g/mol. The SMILES string of the molecule is CCN(CC)c1ccc([C@H]2c3sc(=O)n(CC(=O)Nc4cccc(C)c4)c3SC3C(=O)N(c4ccc(OC)cc4)C(=O)C32)cc1.